The topological polar surface area (TPSA) is 64.3 Å². The molecule has 0 amide bonds. The largest absolute Gasteiger partial charge is 0.423 e. The summed E-state index contributed by atoms with van der Waals surface area (Å²) in [6.45, 7) is 0. The predicted molar refractivity (Wildman–Crippen MR) is 43.2 cm³/mol. The van der Waals surface area contributed by atoms with Crippen molar-refractivity contribution in [2.75, 3.05) is 0 Å². The van der Waals surface area contributed by atoms with E-state index in [1.807, 2.05) is 0 Å². The number of Topliss-reactive ketones (excluding diaryl/α,β-unsaturated/α-hetero) is 2. The first-order valence-corrected chi connectivity index (χ1v) is 3.59. The van der Waals surface area contributed by atoms with Crippen LogP contribution in [0.5, 0.6) is 0 Å². The molecule has 0 radical (unpaired) electrons. The van der Waals surface area contributed by atoms with Crippen molar-refractivity contribution in [2.45, 2.75) is 0 Å². The molecule has 0 bridgehead atoms. The molecule has 4 heteroatoms. The van der Waals surface area contributed by atoms with Crippen molar-refractivity contribution in [3.8, 4) is 0 Å². The Labute approximate surface area is 71.8 Å². The maximum atomic E-state index is 10.9. The lowest BCUT2D eigenvalue weighted by Gasteiger charge is -1.94. The number of rotatable bonds is 0. The summed E-state index contributed by atoms with van der Waals surface area (Å²) in [6.07, 6.45) is 2.18. The van der Waals surface area contributed by atoms with Crippen LogP contribution in [0.3, 0.4) is 0 Å². The van der Waals surface area contributed by atoms with E-state index in [-0.39, 0.29) is 5.42 Å². The molecule has 0 aliphatic heterocycles. The lowest BCUT2D eigenvalue weighted by atomic mass is 10.1. The molecule has 64 valence electrons. The van der Waals surface area contributed by atoms with Gasteiger partial charge in [0.1, 0.15) is 5.42 Å². The van der Waals surface area contributed by atoms with Crippen LogP contribution in [0.25, 0.3) is 12.2 Å². The molecule has 0 atom stereocenters. The number of carbonyl (C=O) groups is 2. The van der Waals surface area contributed by atoms with Gasteiger partial charge in [-0.3, -0.25) is 9.59 Å². The second-order valence-corrected chi connectivity index (χ2v) is 2.59. The Kier molecular flexibility index (Phi) is 1.48. The predicted octanol–water partition coefficient (Wildman–Crippen LogP) is -1.65. The Morgan fingerprint density at radius 3 is 2.38 bits per heavy atom. The number of carbonyl (C=O) groups excluding carboxylic acids is 2. The fraction of sp³-hybridized carbons (Fsp3) is 0. The maximum Gasteiger partial charge on any atom is 0.336 e. The van der Waals surface area contributed by atoms with Crippen molar-refractivity contribution < 1.29 is 14.0 Å². The highest BCUT2D eigenvalue weighted by Crippen LogP contribution is 1.84. The Morgan fingerprint density at radius 2 is 1.62 bits per heavy atom. The van der Waals surface area contributed by atoms with E-state index in [2.05, 4.69) is 0 Å². The van der Waals surface area contributed by atoms with Crippen molar-refractivity contribution in [1.82, 2.24) is 0 Å². The molecule has 0 spiro atoms. The molecule has 0 saturated heterocycles. The summed E-state index contributed by atoms with van der Waals surface area (Å²) in [5.41, 5.74) is -0.386. The summed E-state index contributed by atoms with van der Waals surface area (Å²) in [5, 5.41) is 0.462. The van der Waals surface area contributed by atoms with E-state index in [1.54, 1.807) is 0 Å². The number of hydrogen-bond donors (Lipinski definition) is 0. The van der Waals surface area contributed by atoms with Gasteiger partial charge in [0.2, 0.25) is 11.6 Å². The average Bonchev–Trinajstić information content (AvgIpc) is 2.08. The van der Waals surface area contributed by atoms with Crippen molar-refractivity contribution >= 4 is 23.7 Å². The van der Waals surface area contributed by atoms with Crippen LogP contribution >= 0.6 is 0 Å². The van der Waals surface area contributed by atoms with Crippen molar-refractivity contribution in [3.63, 3.8) is 0 Å². The third kappa shape index (κ3) is 1.22. The molecule has 13 heavy (non-hydrogen) atoms. The van der Waals surface area contributed by atoms with Gasteiger partial charge < -0.3 is 4.42 Å². The first kappa shape index (κ1) is 7.67. The quantitative estimate of drug-likeness (QED) is 0.444. The summed E-state index contributed by atoms with van der Waals surface area (Å²) >= 11 is 0. The molecule has 0 aromatic carbocycles. The van der Waals surface area contributed by atoms with Gasteiger partial charge in [-0.1, -0.05) is 0 Å². The Hall–Kier alpha value is -1.97. The first-order chi connectivity index (χ1) is 6.16. The van der Waals surface area contributed by atoms with E-state index in [9.17, 15) is 14.4 Å². The minimum atomic E-state index is -0.665. The van der Waals surface area contributed by atoms with Crippen LogP contribution in [-0.2, 0) is 9.59 Å². The standard InChI is InChI=1S/C9H4O4/c10-6-3-5-1-2-9(12)13-8(5)4-7(6)11/h1-4H. The molecule has 0 saturated carbocycles. The molecular weight excluding hydrogens is 172 g/mol. The van der Waals surface area contributed by atoms with Gasteiger partial charge in [-0.2, -0.15) is 0 Å². The van der Waals surface area contributed by atoms with Gasteiger partial charge in [0.15, 0.2) is 0 Å². The molecule has 2 rings (SSSR count). The van der Waals surface area contributed by atoms with Gasteiger partial charge in [-0.25, -0.2) is 4.79 Å². The SMILES string of the molecule is O=C1C=c2ccc(=O)oc2=CC1=O. The van der Waals surface area contributed by atoms with Gasteiger partial charge in [0.05, 0.1) is 0 Å². The van der Waals surface area contributed by atoms with E-state index < -0.39 is 17.2 Å². The normalized spacial score (nSPS) is 14.5. The van der Waals surface area contributed by atoms with Crippen LogP contribution in [0.15, 0.2) is 21.3 Å². The maximum absolute atomic E-state index is 10.9. The van der Waals surface area contributed by atoms with Crippen molar-refractivity contribution in [3.05, 3.63) is 33.2 Å². The summed E-state index contributed by atoms with van der Waals surface area (Å²) in [4.78, 5) is 32.5. The highest BCUT2D eigenvalue weighted by Gasteiger charge is 2.12. The van der Waals surface area contributed by atoms with Gasteiger partial charge in [-0.15, -0.1) is 0 Å². The minimum absolute atomic E-state index is 0.150. The van der Waals surface area contributed by atoms with E-state index in [4.69, 9.17) is 4.42 Å². The molecular formula is C9H4O4. The van der Waals surface area contributed by atoms with Crippen LogP contribution in [0.1, 0.15) is 0 Å². The van der Waals surface area contributed by atoms with Crippen LogP contribution in [-0.4, -0.2) is 11.6 Å². The Balaban J connectivity index is 2.93. The van der Waals surface area contributed by atoms with Crippen molar-refractivity contribution in [2.24, 2.45) is 0 Å². The molecule has 0 unspecified atom stereocenters. The highest BCUT2D eigenvalue weighted by molar-refractivity contribution is 6.57. The molecule has 1 aromatic rings. The van der Waals surface area contributed by atoms with Crippen molar-refractivity contribution in [1.29, 1.82) is 0 Å². The molecule has 1 aliphatic rings. The fourth-order valence-electron chi connectivity index (χ4n) is 1.08. The molecule has 1 aliphatic carbocycles. The molecule has 1 aromatic heterocycles. The van der Waals surface area contributed by atoms with Crippen LogP contribution in [0.2, 0.25) is 0 Å². The molecule has 1 heterocycles. The fourth-order valence-corrected chi connectivity index (χ4v) is 1.08. The summed E-state index contributed by atoms with van der Waals surface area (Å²) in [7, 11) is 0. The van der Waals surface area contributed by atoms with Gasteiger partial charge >= 0.3 is 5.63 Å². The number of hydrogen-bond acceptors (Lipinski definition) is 4. The zero-order chi connectivity index (χ0) is 9.42. The Morgan fingerprint density at radius 1 is 0.923 bits per heavy atom. The lowest BCUT2D eigenvalue weighted by Crippen LogP contribution is -2.35. The second kappa shape index (κ2) is 2.52. The molecule has 0 fully saturated rings. The van der Waals surface area contributed by atoms with Crippen LogP contribution in [0.4, 0.5) is 0 Å². The number of ketones is 2. The van der Waals surface area contributed by atoms with E-state index in [0.29, 0.717) is 5.22 Å². The monoisotopic (exact) mass is 176 g/mol. The summed E-state index contributed by atoms with van der Waals surface area (Å²) in [5.74, 6) is -1.26. The summed E-state index contributed by atoms with van der Waals surface area (Å²) in [6, 6.07) is 2.65. The number of fused-ring (bicyclic) bond motifs is 1. The second-order valence-electron chi connectivity index (χ2n) is 2.59. The third-order valence-corrected chi connectivity index (χ3v) is 1.69. The van der Waals surface area contributed by atoms with E-state index in [1.165, 1.54) is 12.1 Å². The average molecular weight is 176 g/mol. The van der Waals surface area contributed by atoms with E-state index in [0.717, 1.165) is 12.2 Å². The highest BCUT2D eigenvalue weighted by atomic mass is 16.4. The molecule has 0 N–H and O–H groups in total. The Bertz CT molecular complexity index is 562. The van der Waals surface area contributed by atoms with Crippen LogP contribution < -0.4 is 16.3 Å². The third-order valence-electron chi connectivity index (χ3n) is 1.69. The summed E-state index contributed by atoms with van der Waals surface area (Å²) < 4.78 is 4.70. The smallest absolute Gasteiger partial charge is 0.336 e. The van der Waals surface area contributed by atoms with Gasteiger partial charge in [0, 0.05) is 23.4 Å². The molecule has 4 nitrogen and oxygen atoms in total. The van der Waals surface area contributed by atoms with Crippen LogP contribution in [0, 0.1) is 0 Å². The van der Waals surface area contributed by atoms with Gasteiger partial charge in [0.25, 0.3) is 0 Å². The zero-order valence-electron chi connectivity index (χ0n) is 6.44. The van der Waals surface area contributed by atoms with E-state index >= 15 is 0 Å². The van der Waals surface area contributed by atoms with Gasteiger partial charge in [-0.05, 0) is 6.07 Å². The zero-order valence-corrected chi connectivity index (χ0v) is 6.44. The minimum Gasteiger partial charge on any atom is -0.423 e. The lowest BCUT2D eigenvalue weighted by molar-refractivity contribution is -0.129. The first-order valence-electron chi connectivity index (χ1n) is 3.59.